The van der Waals surface area contributed by atoms with Gasteiger partial charge < -0.3 is 19.7 Å². The van der Waals surface area contributed by atoms with Crippen LogP contribution in [0.4, 0.5) is 0 Å². The molecule has 0 atom stereocenters. The molecule has 0 aromatic carbocycles. The van der Waals surface area contributed by atoms with Crippen LogP contribution in [0.25, 0.3) is 0 Å². The summed E-state index contributed by atoms with van der Waals surface area (Å²) in [5.74, 6) is 0.778. The fourth-order valence-electron chi connectivity index (χ4n) is 2.47. The topological polar surface area (TPSA) is 63.2 Å². The van der Waals surface area contributed by atoms with Crippen molar-refractivity contribution in [3.05, 3.63) is 0 Å². The van der Waals surface area contributed by atoms with Gasteiger partial charge in [-0.25, -0.2) is 0 Å². The van der Waals surface area contributed by atoms with Crippen molar-refractivity contribution in [1.29, 1.82) is 0 Å². The lowest BCUT2D eigenvalue weighted by Crippen LogP contribution is -2.47. The predicted octanol–water partition coefficient (Wildman–Crippen LogP) is 1.41. The van der Waals surface area contributed by atoms with Crippen molar-refractivity contribution >= 4 is 11.9 Å². The second-order valence-electron chi connectivity index (χ2n) is 5.02. The van der Waals surface area contributed by atoms with Gasteiger partial charge in [0.1, 0.15) is 0 Å². The van der Waals surface area contributed by atoms with Gasteiger partial charge in [-0.15, -0.1) is 0 Å². The maximum atomic E-state index is 11.3. The van der Waals surface area contributed by atoms with Gasteiger partial charge in [-0.3, -0.25) is 9.79 Å². The molecule has 1 fully saturated rings. The van der Waals surface area contributed by atoms with Crippen LogP contribution in [0.15, 0.2) is 4.99 Å². The van der Waals surface area contributed by atoms with Gasteiger partial charge in [0.05, 0.1) is 12.7 Å². The minimum atomic E-state index is -0.133. The highest BCUT2D eigenvalue weighted by Gasteiger charge is 2.21. The average Bonchev–Trinajstić information content (AvgIpc) is 2.49. The predicted molar refractivity (Wildman–Crippen MR) is 83.4 cm³/mol. The van der Waals surface area contributed by atoms with Crippen molar-refractivity contribution in [2.75, 3.05) is 39.9 Å². The second kappa shape index (κ2) is 10.4. The molecule has 1 aliphatic heterocycles. The second-order valence-corrected chi connectivity index (χ2v) is 5.02. The number of piperidine rings is 1. The molecule has 0 amide bonds. The van der Waals surface area contributed by atoms with Crippen molar-refractivity contribution < 1.29 is 14.3 Å². The van der Waals surface area contributed by atoms with Gasteiger partial charge in [-0.05, 0) is 33.1 Å². The van der Waals surface area contributed by atoms with E-state index in [1.165, 1.54) is 0 Å². The average molecular weight is 299 g/mol. The molecular weight excluding hydrogens is 270 g/mol. The molecule has 0 bridgehead atoms. The molecule has 0 aromatic rings. The Balaban J connectivity index is 2.22. The van der Waals surface area contributed by atoms with Crippen LogP contribution in [-0.2, 0) is 14.3 Å². The number of aliphatic imine (C=N–C) groups is 1. The highest BCUT2D eigenvalue weighted by molar-refractivity contribution is 5.80. The fraction of sp³-hybridized carbons (Fsp3) is 0.867. The summed E-state index contributed by atoms with van der Waals surface area (Å²) in [6, 6.07) is 0. The van der Waals surface area contributed by atoms with Crippen molar-refractivity contribution in [2.45, 2.75) is 45.6 Å². The summed E-state index contributed by atoms with van der Waals surface area (Å²) in [6.07, 6.45) is 3.67. The number of carbonyl (C=O) groups excluding carboxylic acids is 1. The van der Waals surface area contributed by atoms with E-state index in [0.717, 1.165) is 51.5 Å². The first-order valence-electron chi connectivity index (χ1n) is 7.94. The van der Waals surface area contributed by atoms with E-state index < -0.39 is 0 Å². The Morgan fingerprint density at radius 3 is 2.57 bits per heavy atom. The number of esters is 1. The van der Waals surface area contributed by atoms with Crippen LogP contribution in [-0.4, -0.2) is 62.8 Å². The van der Waals surface area contributed by atoms with E-state index in [0.29, 0.717) is 19.1 Å². The van der Waals surface area contributed by atoms with Crippen molar-refractivity contribution in [3.63, 3.8) is 0 Å². The summed E-state index contributed by atoms with van der Waals surface area (Å²) >= 11 is 0. The van der Waals surface area contributed by atoms with Gasteiger partial charge in [0, 0.05) is 39.7 Å². The first kappa shape index (κ1) is 17.8. The molecule has 122 valence electrons. The Kier molecular flexibility index (Phi) is 8.82. The number of guanidine groups is 1. The zero-order valence-electron chi connectivity index (χ0n) is 13.6. The Morgan fingerprint density at radius 1 is 1.29 bits per heavy atom. The van der Waals surface area contributed by atoms with Gasteiger partial charge in [-0.2, -0.15) is 0 Å². The van der Waals surface area contributed by atoms with Crippen LogP contribution in [0, 0.1) is 0 Å². The van der Waals surface area contributed by atoms with Crippen molar-refractivity contribution in [1.82, 2.24) is 10.2 Å². The van der Waals surface area contributed by atoms with Crippen molar-refractivity contribution in [2.24, 2.45) is 4.99 Å². The first-order valence-corrected chi connectivity index (χ1v) is 7.94. The van der Waals surface area contributed by atoms with Gasteiger partial charge in [0.2, 0.25) is 0 Å². The van der Waals surface area contributed by atoms with Gasteiger partial charge in [-0.1, -0.05) is 0 Å². The maximum absolute atomic E-state index is 11.3. The van der Waals surface area contributed by atoms with Gasteiger partial charge in [0.25, 0.3) is 0 Å². The molecule has 0 aliphatic carbocycles. The SMILES string of the molecule is CCOC(=O)CCCNC(=NC)N1CCC(OCC)CC1. The standard InChI is InChI=1S/C15H29N3O3/c1-4-20-13-8-11-18(12-9-13)15(16-3)17-10-6-7-14(19)21-5-2/h13H,4-12H2,1-3H3,(H,16,17). The number of nitrogens with zero attached hydrogens (tertiary/aromatic N) is 2. The van der Waals surface area contributed by atoms with E-state index in [1.54, 1.807) is 7.05 Å². The molecule has 1 heterocycles. The molecule has 6 nitrogen and oxygen atoms in total. The lowest BCUT2D eigenvalue weighted by Gasteiger charge is -2.34. The van der Waals surface area contributed by atoms with E-state index in [9.17, 15) is 4.79 Å². The molecule has 0 aromatic heterocycles. The summed E-state index contributed by atoms with van der Waals surface area (Å²) in [4.78, 5) is 17.8. The number of carbonyl (C=O) groups is 1. The van der Waals surface area contributed by atoms with E-state index in [-0.39, 0.29) is 5.97 Å². The highest BCUT2D eigenvalue weighted by Crippen LogP contribution is 2.13. The summed E-state index contributed by atoms with van der Waals surface area (Å²) in [7, 11) is 1.79. The van der Waals surface area contributed by atoms with Crippen LogP contribution in [0.1, 0.15) is 39.5 Å². The monoisotopic (exact) mass is 299 g/mol. The van der Waals surface area contributed by atoms with E-state index in [2.05, 4.69) is 15.2 Å². The Hall–Kier alpha value is -1.30. The van der Waals surface area contributed by atoms with Crippen molar-refractivity contribution in [3.8, 4) is 0 Å². The first-order chi connectivity index (χ1) is 10.2. The third kappa shape index (κ3) is 6.80. The quantitative estimate of drug-likeness (QED) is 0.333. The smallest absolute Gasteiger partial charge is 0.305 e. The molecule has 1 N–H and O–H groups in total. The lowest BCUT2D eigenvalue weighted by atomic mass is 10.1. The number of nitrogens with one attached hydrogen (secondary N) is 1. The number of ether oxygens (including phenoxy) is 2. The number of hydrogen-bond donors (Lipinski definition) is 1. The number of hydrogen-bond acceptors (Lipinski definition) is 4. The summed E-state index contributed by atoms with van der Waals surface area (Å²) in [5.41, 5.74) is 0. The van der Waals surface area contributed by atoms with Gasteiger partial charge >= 0.3 is 5.97 Å². The summed E-state index contributed by atoms with van der Waals surface area (Å²) < 4.78 is 10.6. The van der Waals surface area contributed by atoms with Crippen LogP contribution < -0.4 is 5.32 Å². The van der Waals surface area contributed by atoms with E-state index in [1.807, 2.05) is 13.8 Å². The molecule has 21 heavy (non-hydrogen) atoms. The molecule has 1 aliphatic rings. The van der Waals surface area contributed by atoms with Crippen LogP contribution in [0.3, 0.4) is 0 Å². The minimum Gasteiger partial charge on any atom is -0.466 e. The van der Waals surface area contributed by atoms with E-state index in [4.69, 9.17) is 9.47 Å². The molecular formula is C15H29N3O3. The maximum Gasteiger partial charge on any atom is 0.305 e. The third-order valence-corrected chi connectivity index (χ3v) is 3.50. The molecule has 6 heteroatoms. The molecule has 0 saturated carbocycles. The van der Waals surface area contributed by atoms with Gasteiger partial charge in [0.15, 0.2) is 5.96 Å². The zero-order valence-corrected chi connectivity index (χ0v) is 13.6. The molecule has 1 rings (SSSR count). The Bertz CT molecular complexity index is 326. The third-order valence-electron chi connectivity index (χ3n) is 3.50. The molecule has 0 unspecified atom stereocenters. The molecule has 0 spiro atoms. The van der Waals surface area contributed by atoms with Crippen LogP contribution >= 0.6 is 0 Å². The zero-order chi connectivity index (χ0) is 15.5. The van der Waals surface area contributed by atoms with Crippen LogP contribution in [0.2, 0.25) is 0 Å². The Labute approximate surface area is 127 Å². The Morgan fingerprint density at radius 2 is 2.00 bits per heavy atom. The molecule has 0 radical (unpaired) electrons. The largest absolute Gasteiger partial charge is 0.466 e. The fourth-order valence-corrected chi connectivity index (χ4v) is 2.47. The van der Waals surface area contributed by atoms with E-state index >= 15 is 0 Å². The number of likely N-dealkylation sites (tertiary alicyclic amines) is 1. The summed E-state index contributed by atoms with van der Waals surface area (Å²) in [5, 5.41) is 3.31. The normalized spacial score (nSPS) is 16.9. The lowest BCUT2D eigenvalue weighted by molar-refractivity contribution is -0.143. The minimum absolute atomic E-state index is 0.133. The number of rotatable bonds is 7. The molecule has 1 saturated heterocycles. The highest BCUT2D eigenvalue weighted by atomic mass is 16.5. The summed E-state index contributed by atoms with van der Waals surface area (Å²) in [6.45, 7) is 7.75. The van der Waals surface area contributed by atoms with Crippen LogP contribution in [0.5, 0.6) is 0 Å².